The van der Waals surface area contributed by atoms with Crippen LogP contribution in [0.4, 0.5) is 0 Å². The zero-order valence-electron chi connectivity index (χ0n) is 15.2. The van der Waals surface area contributed by atoms with Gasteiger partial charge in [-0.1, -0.05) is 12.1 Å². The van der Waals surface area contributed by atoms with Crippen molar-refractivity contribution in [2.75, 3.05) is 39.4 Å². The lowest BCUT2D eigenvalue weighted by Gasteiger charge is -2.38. The van der Waals surface area contributed by atoms with E-state index in [0.29, 0.717) is 19.0 Å². The molecule has 2 fully saturated rings. The molecule has 0 bridgehead atoms. The third-order valence-electron chi connectivity index (χ3n) is 5.65. The summed E-state index contributed by atoms with van der Waals surface area (Å²) < 4.78 is 5.34. The number of ether oxygens (including phenoxy) is 1. The summed E-state index contributed by atoms with van der Waals surface area (Å²) in [7, 11) is 0. The molecule has 2 aliphatic rings. The van der Waals surface area contributed by atoms with E-state index in [4.69, 9.17) is 4.74 Å². The molecule has 1 aromatic carbocycles. The summed E-state index contributed by atoms with van der Waals surface area (Å²) in [5, 5.41) is 9.35. The number of likely N-dealkylation sites (tertiary alicyclic amines) is 1. The van der Waals surface area contributed by atoms with Crippen LogP contribution in [-0.4, -0.2) is 66.2 Å². The first kappa shape index (κ1) is 18.2. The standard InChI is InChI=1S/C20H30N2O3/c1-16(20(24)22-12-14-25-15-13-22)21-10-8-18(9-11-21)3-2-17-4-6-19(23)7-5-17/h4-7,16,18,23H,2-3,8-15H2,1H3. The summed E-state index contributed by atoms with van der Waals surface area (Å²) >= 11 is 0. The first-order chi connectivity index (χ1) is 12.1. The number of hydrogen-bond acceptors (Lipinski definition) is 4. The van der Waals surface area contributed by atoms with Crippen molar-refractivity contribution in [3.05, 3.63) is 29.8 Å². The Morgan fingerprint density at radius 3 is 2.44 bits per heavy atom. The number of aryl methyl sites for hydroxylation is 1. The number of carbonyl (C=O) groups excluding carboxylic acids is 1. The number of morpholine rings is 1. The molecule has 0 radical (unpaired) electrons. The van der Waals surface area contributed by atoms with E-state index >= 15 is 0 Å². The molecule has 1 amide bonds. The van der Waals surface area contributed by atoms with Crippen molar-refractivity contribution in [3.63, 3.8) is 0 Å². The minimum atomic E-state index is -0.0175. The molecule has 138 valence electrons. The highest BCUT2D eigenvalue weighted by Crippen LogP contribution is 2.24. The van der Waals surface area contributed by atoms with E-state index in [2.05, 4.69) is 11.8 Å². The van der Waals surface area contributed by atoms with Gasteiger partial charge in [-0.15, -0.1) is 0 Å². The van der Waals surface area contributed by atoms with Gasteiger partial charge in [0.25, 0.3) is 0 Å². The molecule has 0 aliphatic carbocycles. The van der Waals surface area contributed by atoms with Crippen LogP contribution >= 0.6 is 0 Å². The second-order valence-electron chi connectivity index (χ2n) is 7.30. The highest BCUT2D eigenvalue weighted by atomic mass is 16.5. The van der Waals surface area contributed by atoms with E-state index in [1.807, 2.05) is 17.0 Å². The van der Waals surface area contributed by atoms with Crippen molar-refractivity contribution < 1.29 is 14.6 Å². The maximum absolute atomic E-state index is 12.6. The molecular weight excluding hydrogens is 316 g/mol. The summed E-state index contributed by atoms with van der Waals surface area (Å²) in [5.41, 5.74) is 1.29. The van der Waals surface area contributed by atoms with Crippen LogP contribution in [-0.2, 0) is 16.0 Å². The molecule has 0 saturated carbocycles. The zero-order chi connectivity index (χ0) is 17.6. The Hall–Kier alpha value is -1.59. The maximum Gasteiger partial charge on any atom is 0.239 e. The molecular formula is C20H30N2O3. The smallest absolute Gasteiger partial charge is 0.239 e. The van der Waals surface area contributed by atoms with Crippen LogP contribution in [0.5, 0.6) is 5.75 Å². The van der Waals surface area contributed by atoms with Gasteiger partial charge < -0.3 is 14.7 Å². The lowest BCUT2D eigenvalue weighted by molar-refractivity contribution is -0.141. The Labute approximate surface area is 150 Å². The maximum atomic E-state index is 12.6. The van der Waals surface area contributed by atoms with Gasteiger partial charge in [0.2, 0.25) is 5.91 Å². The minimum Gasteiger partial charge on any atom is -0.508 e. The molecule has 1 unspecified atom stereocenters. The molecule has 2 aliphatic heterocycles. The average Bonchev–Trinajstić information content (AvgIpc) is 2.67. The van der Waals surface area contributed by atoms with E-state index in [-0.39, 0.29) is 11.9 Å². The molecule has 1 N–H and O–H groups in total. The van der Waals surface area contributed by atoms with E-state index in [0.717, 1.165) is 38.5 Å². The molecule has 0 aromatic heterocycles. The van der Waals surface area contributed by atoms with Gasteiger partial charge in [-0.3, -0.25) is 9.69 Å². The van der Waals surface area contributed by atoms with Gasteiger partial charge in [-0.25, -0.2) is 0 Å². The summed E-state index contributed by atoms with van der Waals surface area (Å²) in [6.07, 6.45) is 4.58. The van der Waals surface area contributed by atoms with Crippen molar-refractivity contribution in [1.29, 1.82) is 0 Å². The van der Waals surface area contributed by atoms with E-state index in [9.17, 15) is 9.90 Å². The number of nitrogens with zero attached hydrogens (tertiary/aromatic N) is 2. The molecule has 2 heterocycles. The molecule has 1 aromatic rings. The number of phenols is 1. The van der Waals surface area contributed by atoms with Gasteiger partial charge in [0.05, 0.1) is 19.3 Å². The van der Waals surface area contributed by atoms with Crippen LogP contribution in [0.15, 0.2) is 24.3 Å². The number of hydrogen-bond donors (Lipinski definition) is 1. The van der Waals surface area contributed by atoms with E-state index in [1.165, 1.54) is 24.8 Å². The molecule has 3 rings (SSSR count). The number of piperidine rings is 1. The van der Waals surface area contributed by atoms with Crippen LogP contribution in [0, 0.1) is 5.92 Å². The second-order valence-corrected chi connectivity index (χ2v) is 7.30. The molecule has 5 heteroatoms. The van der Waals surface area contributed by atoms with E-state index in [1.54, 1.807) is 12.1 Å². The van der Waals surface area contributed by atoms with Crippen molar-refractivity contribution in [2.45, 2.75) is 38.6 Å². The number of phenolic OH excluding ortho intramolecular Hbond substituents is 1. The topological polar surface area (TPSA) is 53.0 Å². The molecule has 2 saturated heterocycles. The van der Waals surface area contributed by atoms with Crippen LogP contribution in [0.3, 0.4) is 0 Å². The third kappa shape index (κ3) is 4.95. The largest absolute Gasteiger partial charge is 0.508 e. The Morgan fingerprint density at radius 2 is 1.80 bits per heavy atom. The first-order valence-corrected chi connectivity index (χ1v) is 9.52. The predicted octanol–water partition coefficient (Wildman–Crippen LogP) is 2.28. The number of benzene rings is 1. The first-order valence-electron chi connectivity index (χ1n) is 9.52. The van der Waals surface area contributed by atoms with Gasteiger partial charge in [-0.05, 0) is 69.3 Å². The van der Waals surface area contributed by atoms with Crippen LogP contribution < -0.4 is 0 Å². The Balaban J connectivity index is 1.41. The number of rotatable bonds is 5. The molecule has 1 atom stereocenters. The van der Waals surface area contributed by atoms with Crippen LogP contribution in [0.25, 0.3) is 0 Å². The molecule has 5 nitrogen and oxygen atoms in total. The number of carbonyl (C=O) groups is 1. The van der Waals surface area contributed by atoms with Gasteiger partial charge in [0.15, 0.2) is 0 Å². The normalized spacial score (nSPS) is 21.2. The zero-order valence-corrected chi connectivity index (χ0v) is 15.2. The summed E-state index contributed by atoms with van der Waals surface area (Å²) in [4.78, 5) is 16.9. The van der Waals surface area contributed by atoms with Crippen LogP contribution in [0.1, 0.15) is 31.7 Å². The molecule has 25 heavy (non-hydrogen) atoms. The van der Waals surface area contributed by atoms with Crippen molar-refractivity contribution in [1.82, 2.24) is 9.80 Å². The fourth-order valence-corrected chi connectivity index (χ4v) is 3.87. The monoisotopic (exact) mass is 346 g/mol. The second kappa shape index (κ2) is 8.68. The van der Waals surface area contributed by atoms with E-state index < -0.39 is 0 Å². The highest BCUT2D eigenvalue weighted by Gasteiger charge is 2.29. The minimum absolute atomic E-state index is 0.0175. The fourth-order valence-electron chi connectivity index (χ4n) is 3.87. The Bertz CT molecular complexity index is 547. The quantitative estimate of drug-likeness (QED) is 0.889. The lowest BCUT2D eigenvalue weighted by atomic mass is 9.90. The van der Waals surface area contributed by atoms with Crippen LogP contribution in [0.2, 0.25) is 0 Å². The Kier molecular flexibility index (Phi) is 6.32. The lowest BCUT2D eigenvalue weighted by Crippen LogP contribution is -2.52. The van der Waals surface area contributed by atoms with Crippen molar-refractivity contribution in [3.8, 4) is 5.75 Å². The van der Waals surface area contributed by atoms with Crippen molar-refractivity contribution >= 4 is 5.91 Å². The number of amides is 1. The summed E-state index contributed by atoms with van der Waals surface area (Å²) in [6.45, 7) is 6.86. The summed E-state index contributed by atoms with van der Waals surface area (Å²) in [5.74, 6) is 1.32. The van der Waals surface area contributed by atoms with Gasteiger partial charge in [0.1, 0.15) is 5.75 Å². The molecule has 0 spiro atoms. The highest BCUT2D eigenvalue weighted by molar-refractivity contribution is 5.81. The van der Waals surface area contributed by atoms with Gasteiger partial charge in [-0.2, -0.15) is 0 Å². The average molecular weight is 346 g/mol. The predicted molar refractivity (Wildman–Crippen MR) is 97.6 cm³/mol. The number of aromatic hydroxyl groups is 1. The van der Waals surface area contributed by atoms with Gasteiger partial charge >= 0.3 is 0 Å². The van der Waals surface area contributed by atoms with Gasteiger partial charge in [0, 0.05) is 13.1 Å². The third-order valence-corrected chi connectivity index (χ3v) is 5.65. The fraction of sp³-hybridized carbons (Fsp3) is 0.650. The summed E-state index contributed by atoms with van der Waals surface area (Å²) in [6, 6.07) is 7.52. The SMILES string of the molecule is CC(C(=O)N1CCOCC1)N1CCC(CCc2ccc(O)cc2)CC1. The van der Waals surface area contributed by atoms with Crippen molar-refractivity contribution in [2.24, 2.45) is 5.92 Å². The Morgan fingerprint density at radius 1 is 1.16 bits per heavy atom.